The lowest BCUT2D eigenvalue weighted by atomic mass is 10.0. The average Bonchev–Trinajstić information content (AvgIpc) is 2.86. The maximum absolute atomic E-state index is 12.6. The Labute approximate surface area is 120 Å². The van der Waals surface area contributed by atoms with Gasteiger partial charge in [-0.2, -0.15) is 0 Å². The zero-order valence-electron chi connectivity index (χ0n) is 12.5. The topological polar surface area (TPSA) is 45.6 Å². The Morgan fingerprint density at radius 1 is 1.35 bits per heavy atom. The molecular weight excluding hydrogens is 254 g/mol. The molecule has 1 fully saturated rings. The minimum atomic E-state index is -0.309. The van der Waals surface area contributed by atoms with E-state index < -0.39 is 0 Å². The molecule has 110 valence electrons. The number of hydrogen-bond acceptors (Lipinski definition) is 2. The quantitative estimate of drug-likeness (QED) is 0.837. The Hall–Kier alpha value is -1.78. The molecule has 20 heavy (non-hydrogen) atoms. The van der Waals surface area contributed by atoms with Gasteiger partial charge in [0.05, 0.1) is 0 Å². The van der Waals surface area contributed by atoms with Crippen LogP contribution in [0.4, 0.5) is 0 Å². The smallest absolute Gasteiger partial charge is 0.271 e. The van der Waals surface area contributed by atoms with Gasteiger partial charge in [0.2, 0.25) is 5.91 Å². The first kappa shape index (κ1) is 14.6. The van der Waals surface area contributed by atoms with Gasteiger partial charge in [-0.1, -0.05) is 19.8 Å². The summed E-state index contributed by atoms with van der Waals surface area (Å²) in [6.07, 6.45) is 4.59. The summed E-state index contributed by atoms with van der Waals surface area (Å²) in [5.41, 5.74) is 0.642. The van der Waals surface area contributed by atoms with Gasteiger partial charge in [0.25, 0.3) is 5.91 Å². The van der Waals surface area contributed by atoms with Crippen LogP contribution in [-0.2, 0) is 11.8 Å². The summed E-state index contributed by atoms with van der Waals surface area (Å²) < 4.78 is 1.81. The van der Waals surface area contributed by atoms with Gasteiger partial charge in [0, 0.05) is 33.4 Å². The molecule has 2 heterocycles. The summed E-state index contributed by atoms with van der Waals surface area (Å²) in [5, 5.41) is 0. The number of carbonyl (C=O) groups excluding carboxylic acids is 2. The van der Waals surface area contributed by atoms with Crippen LogP contribution in [0.3, 0.4) is 0 Å². The minimum absolute atomic E-state index is 0.0416. The van der Waals surface area contributed by atoms with E-state index in [-0.39, 0.29) is 17.9 Å². The molecule has 2 rings (SSSR count). The fourth-order valence-corrected chi connectivity index (χ4v) is 2.66. The van der Waals surface area contributed by atoms with Crippen molar-refractivity contribution in [3.63, 3.8) is 0 Å². The lowest BCUT2D eigenvalue weighted by Crippen LogP contribution is -2.57. The van der Waals surface area contributed by atoms with E-state index in [1.54, 1.807) is 9.80 Å². The lowest BCUT2D eigenvalue weighted by molar-refractivity contribution is -0.138. The first-order valence-corrected chi connectivity index (χ1v) is 7.23. The van der Waals surface area contributed by atoms with Crippen molar-refractivity contribution in [2.45, 2.75) is 32.2 Å². The highest BCUT2D eigenvalue weighted by molar-refractivity contribution is 5.97. The van der Waals surface area contributed by atoms with Gasteiger partial charge < -0.3 is 14.4 Å². The van der Waals surface area contributed by atoms with Gasteiger partial charge in [-0.3, -0.25) is 9.59 Å². The summed E-state index contributed by atoms with van der Waals surface area (Å²) in [6, 6.07) is 3.35. The molecule has 0 spiro atoms. The maximum Gasteiger partial charge on any atom is 0.271 e. The van der Waals surface area contributed by atoms with Gasteiger partial charge in [0.15, 0.2) is 0 Å². The highest BCUT2D eigenvalue weighted by Crippen LogP contribution is 2.19. The molecule has 0 N–H and O–H groups in total. The molecule has 1 atom stereocenters. The zero-order chi connectivity index (χ0) is 14.7. The van der Waals surface area contributed by atoms with Crippen molar-refractivity contribution in [3.05, 3.63) is 24.0 Å². The number of carbonyl (C=O) groups is 2. The van der Waals surface area contributed by atoms with E-state index in [1.165, 1.54) is 0 Å². The number of aryl methyl sites for hydroxylation is 1. The number of piperazine rings is 1. The van der Waals surface area contributed by atoms with Gasteiger partial charge in [-0.25, -0.2) is 0 Å². The number of likely N-dealkylation sites (N-methyl/N-ethyl adjacent to an activating group) is 1. The second-order valence-electron chi connectivity index (χ2n) is 5.42. The van der Waals surface area contributed by atoms with Crippen molar-refractivity contribution >= 4 is 11.8 Å². The van der Waals surface area contributed by atoms with Crippen LogP contribution in [0.25, 0.3) is 0 Å². The molecule has 0 bridgehead atoms. The van der Waals surface area contributed by atoms with E-state index in [2.05, 4.69) is 6.92 Å². The van der Waals surface area contributed by atoms with Crippen molar-refractivity contribution in [2.75, 3.05) is 20.1 Å². The van der Waals surface area contributed by atoms with Crippen LogP contribution in [-0.4, -0.2) is 52.4 Å². The molecule has 1 aliphatic rings. The van der Waals surface area contributed by atoms with Crippen molar-refractivity contribution in [3.8, 4) is 0 Å². The molecule has 0 aromatic carbocycles. The average molecular weight is 277 g/mol. The molecular formula is C15H23N3O2. The van der Waals surface area contributed by atoms with Gasteiger partial charge in [0.1, 0.15) is 11.7 Å². The number of rotatable bonds is 4. The predicted molar refractivity (Wildman–Crippen MR) is 77.4 cm³/mol. The Bertz CT molecular complexity index is 495. The van der Waals surface area contributed by atoms with Crippen LogP contribution >= 0.6 is 0 Å². The fourth-order valence-electron chi connectivity index (χ4n) is 2.66. The summed E-state index contributed by atoms with van der Waals surface area (Å²) in [7, 11) is 3.66. The zero-order valence-corrected chi connectivity index (χ0v) is 12.5. The number of hydrogen-bond donors (Lipinski definition) is 0. The normalized spacial score (nSPS) is 19.6. The summed E-state index contributed by atoms with van der Waals surface area (Å²) in [5.74, 6) is 0.0207. The van der Waals surface area contributed by atoms with Crippen LogP contribution in [0.2, 0.25) is 0 Å². The van der Waals surface area contributed by atoms with E-state index >= 15 is 0 Å². The van der Waals surface area contributed by atoms with Gasteiger partial charge >= 0.3 is 0 Å². The largest absolute Gasteiger partial charge is 0.347 e. The SMILES string of the molecule is CCCC[C@@H]1C(=O)N(C)CCN1C(=O)c1cccn1C. The first-order chi connectivity index (χ1) is 9.56. The molecule has 0 saturated carbocycles. The van der Waals surface area contributed by atoms with Gasteiger partial charge in [-0.05, 0) is 18.6 Å². The molecule has 5 heteroatoms. The van der Waals surface area contributed by atoms with Crippen LogP contribution in [0.5, 0.6) is 0 Å². The Kier molecular flexibility index (Phi) is 4.47. The standard InChI is InChI=1S/C15H23N3O2/c1-4-5-7-13-14(19)17(3)10-11-18(13)15(20)12-8-6-9-16(12)2/h6,8-9,13H,4-5,7,10-11H2,1-3H3/t13-/m1/s1. The first-order valence-electron chi connectivity index (χ1n) is 7.23. The van der Waals surface area contributed by atoms with Crippen LogP contribution in [0, 0.1) is 0 Å². The van der Waals surface area contributed by atoms with Gasteiger partial charge in [-0.15, -0.1) is 0 Å². The summed E-state index contributed by atoms with van der Waals surface area (Å²) in [6.45, 7) is 3.32. The maximum atomic E-state index is 12.6. The van der Waals surface area contributed by atoms with E-state index in [0.29, 0.717) is 18.8 Å². The molecule has 1 aromatic heterocycles. The summed E-state index contributed by atoms with van der Waals surface area (Å²) >= 11 is 0. The number of unbranched alkanes of at least 4 members (excludes halogenated alkanes) is 1. The van der Waals surface area contributed by atoms with Crippen LogP contribution < -0.4 is 0 Å². The second kappa shape index (κ2) is 6.11. The van der Waals surface area contributed by atoms with Crippen LogP contribution in [0.1, 0.15) is 36.7 Å². The van der Waals surface area contributed by atoms with E-state index in [4.69, 9.17) is 0 Å². The highest BCUT2D eigenvalue weighted by atomic mass is 16.2. The Balaban J connectivity index is 2.21. The van der Waals surface area contributed by atoms with Crippen molar-refractivity contribution in [1.29, 1.82) is 0 Å². The third-order valence-corrected chi connectivity index (χ3v) is 3.97. The predicted octanol–water partition coefficient (Wildman–Crippen LogP) is 1.50. The fraction of sp³-hybridized carbons (Fsp3) is 0.600. The number of aromatic nitrogens is 1. The minimum Gasteiger partial charge on any atom is -0.347 e. The molecule has 0 radical (unpaired) electrons. The lowest BCUT2D eigenvalue weighted by Gasteiger charge is -2.39. The molecule has 1 aromatic rings. The van der Waals surface area contributed by atoms with Crippen molar-refractivity contribution < 1.29 is 9.59 Å². The molecule has 5 nitrogen and oxygen atoms in total. The summed E-state index contributed by atoms with van der Waals surface area (Å²) in [4.78, 5) is 28.4. The van der Waals surface area contributed by atoms with E-state index in [1.807, 2.05) is 37.0 Å². The number of nitrogens with zero attached hydrogens (tertiary/aromatic N) is 3. The van der Waals surface area contributed by atoms with E-state index in [9.17, 15) is 9.59 Å². The second-order valence-corrected chi connectivity index (χ2v) is 5.42. The molecule has 0 unspecified atom stereocenters. The Morgan fingerprint density at radius 3 is 2.70 bits per heavy atom. The molecule has 2 amide bonds. The molecule has 0 aliphatic carbocycles. The van der Waals surface area contributed by atoms with E-state index in [0.717, 1.165) is 19.3 Å². The third kappa shape index (κ3) is 2.71. The van der Waals surface area contributed by atoms with Crippen molar-refractivity contribution in [1.82, 2.24) is 14.4 Å². The van der Waals surface area contributed by atoms with Crippen LogP contribution in [0.15, 0.2) is 18.3 Å². The van der Waals surface area contributed by atoms with Crippen molar-refractivity contribution in [2.24, 2.45) is 7.05 Å². The molecule has 1 aliphatic heterocycles. The Morgan fingerprint density at radius 2 is 2.10 bits per heavy atom. The monoisotopic (exact) mass is 277 g/mol. The molecule has 1 saturated heterocycles. The highest BCUT2D eigenvalue weighted by Gasteiger charge is 2.36. The number of amides is 2. The third-order valence-electron chi connectivity index (χ3n) is 3.97.